The molecule has 1 N–H and O–H groups in total. The van der Waals surface area contributed by atoms with Crippen molar-refractivity contribution in [3.63, 3.8) is 0 Å². The first-order valence-corrected chi connectivity index (χ1v) is 12.3. The van der Waals surface area contributed by atoms with Crippen LogP contribution in [0.25, 0.3) is 0 Å². The molecule has 1 unspecified atom stereocenters. The molecule has 4 fully saturated rings. The number of carbonyl (C=O) groups excluding carboxylic acids is 2. The van der Waals surface area contributed by atoms with Gasteiger partial charge in [-0.15, -0.1) is 0 Å². The molecule has 4 nitrogen and oxygen atoms in total. The fourth-order valence-corrected chi connectivity index (χ4v) is 8.16. The zero-order valence-corrected chi connectivity index (χ0v) is 18.6. The molecule has 0 amide bonds. The number of Topliss-reactive ketones (excluding diaryl/α,β-unsaturated/α-hetero) is 1. The second-order valence-electron chi connectivity index (χ2n) is 10.9. The molecule has 0 aromatic heterocycles. The summed E-state index contributed by atoms with van der Waals surface area (Å²) in [6.45, 7) is 6.48. The third-order valence-electron chi connectivity index (χ3n) is 9.43. The van der Waals surface area contributed by atoms with Crippen molar-refractivity contribution in [3.05, 3.63) is 0 Å². The predicted octanol–water partition coefficient (Wildman–Crippen LogP) is 4.92. The van der Waals surface area contributed by atoms with Crippen molar-refractivity contribution < 1.29 is 19.4 Å². The average molecular weight is 405 g/mol. The van der Waals surface area contributed by atoms with E-state index in [9.17, 15) is 14.7 Å². The monoisotopic (exact) mass is 404 g/mol. The molecule has 4 rings (SSSR count). The van der Waals surface area contributed by atoms with Crippen LogP contribution in [0.5, 0.6) is 0 Å². The van der Waals surface area contributed by atoms with Crippen molar-refractivity contribution >= 4 is 11.8 Å². The van der Waals surface area contributed by atoms with E-state index in [1.54, 1.807) is 0 Å². The normalized spacial score (nSPS) is 47.0. The van der Waals surface area contributed by atoms with Crippen LogP contribution in [-0.2, 0) is 14.3 Å². The van der Waals surface area contributed by atoms with Crippen molar-refractivity contribution in [1.82, 2.24) is 0 Å². The molecule has 0 radical (unpaired) electrons. The molecule has 164 valence electrons. The second kappa shape index (κ2) is 7.98. The molecule has 0 aromatic carbocycles. The Morgan fingerprint density at radius 2 is 1.79 bits per heavy atom. The van der Waals surface area contributed by atoms with Crippen LogP contribution in [0.2, 0.25) is 0 Å². The van der Waals surface area contributed by atoms with E-state index in [-0.39, 0.29) is 17.2 Å². The van der Waals surface area contributed by atoms with Gasteiger partial charge in [0.15, 0.2) is 5.78 Å². The van der Waals surface area contributed by atoms with Crippen molar-refractivity contribution in [2.75, 3.05) is 6.61 Å². The Hall–Kier alpha value is -0.900. The lowest BCUT2D eigenvalue weighted by Crippen LogP contribution is -2.56. The minimum absolute atomic E-state index is 0.161. The summed E-state index contributed by atoms with van der Waals surface area (Å²) < 4.78 is 5.21. The largest absolute Gasteiger partial charge is 0.465 e. The third-order valence-corrected chi connectivity index (χ3v) is 9.43. The van der Waals surface area contributed by atoms with Gasteiger partial charge >= 0.3 is 5.97 Å². The zero-order chi connectivity index (χ0) is 20.8. The quantitative estimate of drug-likeness (QED) is 0.534. The first kappa shape index (κ1) is 21.3. The molecule has 0 saturated heterocycles. The van der Waals surface area contributed by atoms with Gasteiger partial charge in [-0.25, -0.2) is 0 Å². The maximum absolute atomic E-state index is 13.4. The van der Waals surface area contributed by atoms with Crippen LogP contribution < -0.4 is 0 Å². The zero-order valence-electron chi connectivity index (χ0n) is 18.6. The summed E-state index contributed by atoms with van der Waals surface area (Å²) in [5.41, 5.74) is -0.777. The topological polar surface area (TPSA) is 63.6 Å². The van der Waals surface area contributed by atoms with Crippen molar-refractivity contribution in [2.45, 2.75) is 97.0 Å². The van der Waals surface area contributed by atoms with Crippen LogP contribution in [0, 0.1) is 40.9 Å². The van der Waals surface area contributed by atoms with Gasteiger partial charge in [-0.1, -0.05) is 20.3 Å². The number of hydrogen-bond donors (Lipinski definition) is 1. The maximum atomic E-state index is 13.4. The van der Waals surface area contributed by atoms with Crippen LogP contribution in [0.3, 0.4) is 0 Å². The Balaban J connectivity index is 1.49. The molecular formula is C25H40O4. The van der Waals surface area contributed by atoms with Gasteiger partial charge in [0, 0.05) is 5.41 Å². The molecule has 8 atom stereocenters. The van der Waals surface area contributed by atoms with Gasteiger partial charge < -0.3 is 9.84 Å². The Morgan fingerprint density at radius 1 is 1.03 bits per heavy atom. The molecule has 4 heteroatoms. The second-order valence-corrected chi connectivity index (χ2v) is 10.9. The summed E-state index contributed by atoms with van der Waals surface area (Å²) in [5.74, 6) is 2.48. The highest BCUT2D eigenvalue weighted by Crippen LogP contribution is 2.61. The van der Waals surface area contributed by atoms with E-state index in [1.165, 1.54) is 12.8 Å². The molecule has 0 aliphatic heterocycles. The lowest BCUT2D eigenvalue weighted by atomic mass is 9.45. The molecule has 0 bridgehead atoms. The number of fused-ring (bicyclic) bond motifs is 5. The van der Waals surface area contributed by atoms with Crippen LogP contribution in [0.1, 0.15) is 91.4 Å². The van der Waals surface area contributed by atoms with Gasteiger partial charge in [-0.05, 0) is 101 Å². The first-order valence-electron chi connectivity index (χ1n) is 12.3. The molecule has 29 heavy (non-hydrogen) atoms. The Bertz CT molecular complexity index is 645. The first-order chi connectivity index (χ1) is 13.8. The fourth-order valence-electron chi connectivity index (χ4n) is 8.16. The summed E-state index contributed by atoms with van der Waals surface area (Å²) in [5, 5.41) is 11.0. The molecule has 4 aliphatic rings. The summed E-state index contributed by atoms with van der Waals surface area (Å²) >= 11 is 0. The SMILES string of the molecule is CCC[C@@]1(O)CC[C@H]2[C@H](CC[C@@H]3[C@@H]2CC[C@]2(C)C(=O)C(C(=O)OCC)CC[C@@H]32)C1. The Labute approximate surface area is 176 Å². The van der Waals surface area contributed by atoms with Crippen molar-refractivity contribution in [3.8, 4) is 0 Å². The molecule has 0 heterocycles. The highest BCUT2D eigenvalue weighted by atomic mass is 16.5. The molecule has 0 spiro atoms. The highest BCUT2D eigenvalue weighted by Gasteiger charge is 2.59. The Morgan fingerprint density at radius 3 is 2.52 bits per heavy atom. The van der Waals surface area contributed by atoms with Crippen molar-refractivity contribution in [1.29, 1.82) is 0 Å². The van der Waals surface area contributed by atoms with Crippen LogP contribution in [0.4, 0.5) is 0 Å². The summed E-state index contributed by atoms with van der Waals surface area (Å²) in [7, 11) is 0. The molecular weight excluding hydrogens is 364 g/mol. The van der Waals surface area contributed by atoms with Gasteiger partial charge in [0.25, 0.3) is 0 Å². The number of carbonyl (C=O) groups is 2. The number of rotatable bonds is 4. The van der Waals surface area contributed by atoms with Gasteiger partial charge in [-0.3, -0.25) is 9.59 Å². The van der Waals surface area contributed by atoms with Crippen LogP contribution >= 0.6 is 0 Å². The maximum Gasteiger partial charge on any atom is 0.316 e. The minimum Gasteiger partial charge on any atom is -0.465 e. The van der Waals surface area contributed by atoms with E-state index in [0.717, 1.165) is 57.3 Å². The highest BCUT2D eigenvalue weighted by molar-refractivity contribution is 6.02. The lowest BCUT2D eigenvalue weighted by Gasteiger charge is -2.59. The minimum atomic E-state index is -0.539. The lowest BCUT2D eigenvalue weighted by molar-refractivity contribution is -0.167. The molecule has 4 aliphatic carbocycles. The summed E-state index contributed by atoms with van der Waals surface area (Å²) in [4.78, 5) is 25.7. The smallest absolute Gasteiger partial charge is 0.316 e. The van der Waals surface area contributed by atoms with E-state index in [2.05, 4.69) is 13.8 Å². The van der Waals surface area contributed by atoms with Gasteiger partial charge in [0.2, 0.25) is 0 Å². The molecule has 4 saturated carbocycles. The summed E-state index contributed by atoms with van der Waals surface area (Å²) in [6.07, 6.45) is 11.2. The number of ketones is 1. The molecule has 0 aromatic rings. The average Bonchev–Trinajstić information content (AvgIpc) is 2.68. The van der Waals surface area contributed by atoms with E-state index in [4.69, 9.17) is 4.74 Å². The Kier molecular flexibility index (Phi) is 5.87. The number of ether oxygens (including phenoxy) is 1. The standard InChI is InChI=1S/C25H40O4/c1-4-12-25(28)14-11-17-16(15-25)6-7-19-18(17)10-13-24(3)21(19)9-8-20(22(24)26)23(27)29-5-2/h16-21,28H,4-15H2,1-3H3/t16-,17+,18-,19-,20?,21+,24+,25-/m1/s1. The van der Waals surface area contributed by atoms with E-state index in [0.29, 0.717) is 36.7 Å². The number of aliphatic hydroxyl groups is 1. The van der Waals surface area contributed by atoms with Crippen LogP contribution in [0.15, 0.2) is 0 Å². The van der Waals surface area contributed by atoms with Gasteiger partial charge in [0.05, 0.1) is 12.2 Å². The predicted molar refractivity (Wildman–Crippen MR) is 112 cm³/mol. The van der Waals surface area contributed by atoms with E-state index < -0.39 is 11.5 Å². The van der Waals surface area contributed by atoms with E-state index in [1.807, 2.05) is 6.92 Å². The number of hydrogen-bond acceptors (Lipinski definition) is 4. The fraction of sp³-hybridized carbons (Fsp3) is 0.920. The van der Waals surface area contributed by atoms with Crippen molar-refractivity contribution in [2.24, 2.45) is 40.9 Å². The van der Waals surface area contributed by atoms with Gasteiger partial charge in [-0.2, -0.15) is 0 Å². The number of esters is 1. The summed E-state index contributed by atoms with van der Waals surface area (Å²) in [6, 6.07) is 0. The van der Waals surface area contributed by atoms with E-state index >= 15 is 0 Å². The third kappa shape index (κ3) is 3.58. The van der Waals surface area contributed by atoms with Crippen LogP contribution in [-0.4, -0.2) is 29.1 Å². The van der Waals surface area contributed by atoms with Gasteiger partial charge in [0.1, 0.15) is 5.92 Å².